The van der Waals surface area contributed by atoms with Crippen LogP contribution in [0.2, 0.25) is 0 Å². The van der Waals surface area contributed by atoms with Crippen LogP contribution >= 0.6 is 0 Å². The Hall–Kier alpha value is -2.96. The Bertz CT molecular complexity index is 919. The number of likely N-dealkylation sites (tertiary alicyclic amines) is 1. The van der Waals surface area contributed by atoms with E-state index in [4.69, 9.17) is 0 Å². The average Bonchev–Trinajstić information content (AvgIpc) is 3.19. The lowest BCUT2D eigenvalue weighted by Gasteiger charge is -2.18. The SMILES string of the molecule is Cn1cc2c(NCc3ccccc3CN3CCCC3=O)ncnc2n1. The zero-order valence-electron chi connectivity index (χ0n) is 14.1. The molecule has 1 N–H and O–H groups in total. The zero-order chi connectivity index (χ0) is 17.2. The lowest BCUT2D eigenvalue weighted by atomic mass is 10.1. The molecule has 7 heteroatoms. The molecule has 128 valence electrons. The smallest absolute Gasteiger partial charge is 0.222 e. The van der Waals surface area contributed by atoms with Crippen LogP contribution in [0.5, 0.6) is 0 Å². The fourth-order valence-corrected chi connectivity index (χ4v) is 3.23. The lowest BCUT2D eigenvalue weighted by molar-refractivity contribution is -0.128. The number of aromatic nitrogens is 4. The van der Waals surface area contributed by atoms with E-state index < -0.39 is 0 Å². The zero-order valence-corrected chi connectivity index (χ0v) is 14.1. The van der Waals surface area contributed by atoms with Crippen LogP contribution in [0.25, 0.3) is 11.0 Å². The molecule has 2 aromatic heterocycles. The highest BCUT2D eigenvalue weighted by Crippen LogP contribution is 2.21. The molecule has 1 amide bonds. The lowest BCUT2D eigenvalue weighted by Crippen LogP contribution is -2.24. The predicted molar refractivity (Wildman–Crippen MR) is 94.7 cm³/mol. The van der Waals surface area contributed by atoms with Crippen molar-refractivity contribution in [2.75, 3.05) is 11.9 Å². The molecule has 0 unspecified atom stereocenters. The van der Waals surface area contributed by atoms with Crippen molar-refractivity contribution in [1.29, 1.82) is 0 Å². The van der Waals surface area contributed by atoms with E-state index in [1.807, 2.05) is 30.3 Å². The summed E-state index contributed by atoms with van der Waals surface area (Å²) in [6, 6.07) is 8.21. The van der Waals surface area contributed by atoms with Gasteiger partial charge in [-0.15, -0.1) is 0 Å². The van der Waals surface area contributed by atoms with Gasteiger partial charge in [0.05, 0.1) is 5.39 Å². The molecule has 1 aromatic carbocycles. The largest absolute Gasteiger partial charge is 0.365 e. The van der Waals surface area contributed by atoms with Crippen LogP contribution in [0.15, 0.2) is 36.8 Å². The summed E-state index contributed by atoms with van der Waals surface area (Å²) in [6.45, 7) is 2.16. The number of rotatable bonds is 5. The number of benzene rings is 1. The van der Waals surface area contributed by atoms with Crippen LogP contribution in [-0.2, 0) is 24.9 Å². The standard InChI is InChI=1S/C18H20N6O/c1-23-11-15-17(20-12-21-18(15)22-23)19-9-13-5-2-3-6-14(13)10-24-8-4-7-16(24)25/h2-3,5-6,11-12H,4,7-10H2,1H3,(H,19,20,21,22). The van der Waals surface area contributed by atoms with Crippen LogP contribution in [0.3, 0.4) is 0 Å². The van der Waals surface area contributed by atoms with Gasteiger partial charge in [-0.1, -0.05) is 24.3 Å². The van der Waals surface area contributed by atoms with Crippen LogP contribution in [-0.4, -0.2) is 37.1 Å². The van der Waals surface area contributed by atoms with Gasteiger partial charge < -0.3 is 10.2 Å². The maximum atomic E-state index is 11.9. The predicted octanol–water partition coefficient (Wildman–Crippen LogP) is 2.10. The van der Waals surface area contributed by atoms with Gasteiger partial charge in [-0.25, -0.2) is 9.97 Å². The first-order chi connectivity index (χ1) is 12.2. The number of hydrogen-bond donors (Lipinski definition) is 1. The number of carbonyl (C=O) groups is 1. The summed E-state index contributed by atoms with van der Waals surface area (Å²) in [5, 5.41) is 8.59. The van der Waals surface area contributed by atoms with Crippen molar-refractivity contribution in [3.63, 3.8) is 0 Å². The molecule has 1 aliphatic heterocycles. The van der Waals surface area contributed by atoms with Crippen molar-refractivity contribution < 1.29 is 4.79 Å². The van der Waals surface area contributed by atoms with E-state index in [1.165, 1.54) is 11.9 Å². The Morgan fingerprint density at radius 3 is 2.84 bits per heavy atom. The van der Waals surface area contributed by atoms with Gasteiger partial charge in [0.25, 0.3) is 0 Å². The number of nitrogens with one attached hydrogen (secondary N) is 1. The summed E-state index contributed by atoms with van der Waals surface area (Å²) >= 11 is 0. The van der Waals surface area contributed by atoms with Crippen LogP contribution < -0.4 is 5.32 Å². The van der Waals surface area contributed by atoms with Gasteiger partial charge in [-0.3, -0.25) is 9.48 Å². The molecule has 1 aliphatic rings. The van der Waals surface area contributed by atoms with Crippen molar-refractivity contribution in [3.8, 4) is 0 Å². The van der Waals surface area contributed by atoms with Gasteiger partial charge in [0, 0.05) is 39.3 Å². The van der Waals surface area contributed by atoms with Crippen LogP contribution in [0.1, 0.15) is 24.0 Å². The van der Waals surface area contributed by atoms with Crippen molar-refractivity contribution in [3.05, 3.63) is 47.9 Å². The van der Waals surface area contributed by atoms with Gasteiger partial charge in [0.1, 0.15) is 12.1 Å². The Balaban J connectivity index is 1.53. The summed E-state index contributed by atoms with van der Waals surface area (Å²) in [4.78, 5) is 22.4. The number of fused-ring (bicyclic) bond motifs is 1. The highest BCUT2D eigenvalue weighted by atomic mass is 16.2. The summed E-state index contributed by atoms with van der Waals surface area (Å²) in [7, 11) is 1.87. The number of anilines is 1. The van der Waals surface area contributed by atoms with E-state index in [-0.39, 0.29) is 5.91 Å². The van der Waals surface area contributed by atoms with E-state index in [0.717, 1.165) is 29.7 Å². The molecule has 7 nitrogen and oxygen atoms in total. The van der Waals surface area contributed by atoms with Gasteiger partial charge >= 0.3 is 0 Å². The molecule has 25 heavy (non-hydrogen) atoms. The number of carbonyl (C=O) groups excluding carboxylic acids is 1. The summed E-state index contributed by atoms with van der Waals surface area (Å²) in [5.74, 6) is 1.01. The third kappa shape index (κ3) is 3.17. The Morgan fingerprint density at radius 2 is 2.04 bits per heavy atom. The summed E-state index contributed by atoms with van der Waals surface area (Å²) < 4.78 is 1.73. The third-order valence-corrected chi connectivity index (χ3v) is 4.53. The van der Waals surface area contributed by atoms with Crippen LogP contribution in [0, 0.1) is 0 Å². The molecule has 0 aliphatic carbocycles. The van der Waals surface area contributed by atoms with Crippen molar-refractivity contribution in [2.45, 2.75) is 25.9 Å². The monoisotopic (exact) mass is 336 g/mol. The van der Waals surface area contributed by atoms with E-state index in [2.05, 4.69) is 32.5 Å². The third-order valence-electron chi connectivity index (χ3n) is 4.53. The highest BCUT2D eigenvalue weighted by molar-refractivity contribution is 5.85. The molecule has 0 radical (unpaired) electrons. The normalized spacial score (nSPS) is 14.4. The molecule has 3 aromatic rings. The molecular formula is C18H20N6O. The molecule has 0 saturated carbocycles. The first kappa shape index (κ1) is 15.6. The number of amides is 1. The number of hydrogen-bond acceptors (Lipinski definition) is 5. The summed E-state index contributed by atoms with van der Waals surface area (Å²) in [6.07, 6.45) is 5.05. The van der Waals surface area contributed by atoms with Gasteiger partial charge in [0.2, 0.25) is 5.91 Å². The maximum absolute atomic E-state index is 11.9. The van der Waals surface area contributed by atoms with E-state index in [0.29, 0.717) is 25.2 Å². The highest BCUT2D eigenvalue weighted by Gasteiger charge is 2.20. The molecule has 0 spiro atoms. The average molecular weight is 336 g/mol. The van der Waals surface area contributed by atoms with Gasteiger partial charge in [-0.05, 0) is 17.5 Å². The molecule has 0 atom stereocenters. The minimum absolute atomic E-state index is 0.246. The fraction of sp³-hybridized carbons (Fsp3) is 0.333. The second-order valence-corrected chi connectivity index (χ2v) is 6.30. The second-order valence-electron chi connectivity index (χ2n) is 6.30. The quantitative estimate of drug-likeness (QED) is 0.772. The van der Waals surface area contributed by atoms with Crippen molar-refractivity contribution >= 4 is 22.8 Å². The first-order valence-electron chi connectivity index (χ1n) is 8.43. The second kappa shape index (κ2) is 6.51. The minimum Gasteiger partial charge on any atom is -0.365 e. The van der Waals surface area contributed by atoms with E-state index in [1.54, 1.807) is 4.68 Å². The van der Waals surface area contributed by atoms with Gasteiger partial charge in [0.15, 0.2) is 5.65 Å². The minimum atomic E-state index is 0.246. The molecule has 0 bridgehead atoms. The van der Waals surface area contributed by atoms with Crippen molar-refractivity contribution in [1.82, 2.24) is 24.6 Å². The molecular weight excluding hydrogens is 316 g/mol. The van der Waals surface area contributed by atoms with Gasteiger partial charge in [-0.2, -0.15) is 5.10 Å². The van der Waals surface area contributed by atoms with Crippen LogP contribution in [0.4, 0.5) is 5.82 Å². The number of nitrogens with zero attached hydrogens (tertiary/aromatic N) is 5. The topological polar surface area (TPSA) is 75.9 Å². The maximum Gasteiger partial charge on any atom is 0.222 e. The molecule has 1 fully saturated rings. The Morgan fingerprint density at radius 1 is 1.20 bits per heavy atom. The Labute approximate surface area is 145 Å². The first-order valence-corrected chi connectivity index (χ1v) is 8.43. The van der Waals surface area contributed by atoms with E-state index in [9.17, 15) is 4.79 Å². The number of aryl methyl sites for hydroxylation is 1. The molecule has 1 saturated heterocycles. The summed E-state index contributed by atoms with van der Waals surface area (Å²) in [5.41, 5.74) is 3.01. The van der Waals surface area contributed by atoms with Crippen molar-refractivity contribution in [2.24, 2.45) is 7.05 Å². The van der Waals surface area contributed by atoms with E-state index >= 15 is 0 Å². The Kier molecular flexibility index (Phi) is 4.05. The molecule has 3 heterocycles. The fourth-order valence-electron chi connectivity index (χ4n) is 3.23. The molecule has 4 rings (SSSR count).